The summed E-state index contributed by atoms with van der Waals surface area (Å²) in [5, 5.41) is 0. The van der Waals surface area contributed by atoms with Gasteiger partial charge in [0.1, 0.15) is 5.75 Å². The second-order valence-electron chi connectivity index (χ2n) is 8.50. The van der Waals surface area contributed by atoms with E-state index in [1.165, 1.54) is 6.26 Å². The molecule has 6 nitrogen and oxygen atoms in total. The van der Waals surface area contributed by atoms with E-state index in [0.717, 1.165) is 48.1 Å². The average Bonchev–Trinajstić information content (AvgIpc) is 2.73. The molecule has 2 atom stereocenters. The molecule has 166 valence electrons. The van der Waals surface area contributed by atoms with Gasteiger partial charge in [0.15, 0.2) is 0 Å². The smallest absolute Gasteiger partial charge is 0.222 e. The van der Waals surface area contributed by atoms with Crippen LogP contribution >= 0.6 is 0 Å². The Bertz CT molecular complexity index is 1040. The van der Waals surface area contributed by atoms with Gasteiger partial charge in [0.2, 0.25) is 15.9 Å². The number of rotatable bonds is 2. The van der Waals surface area contributed by atoms with E-state index in [1.807, 2.05) is 35.2 Å². The number of sulfonamides is 1. The van der Waals surface area contributed by atoms with Crippen LogP contribution in [0.2, 0.25) is 0 Å². The van der Waals surface area contributed by atoms with Crippen molar-refractivity contribution in [3.8, 4) is 16.9 Å². The number of hydrogen-bond acceptors (Lipinski definition) is 4. The Balaban J connectivity index is 1.72. The summed E-state index contributed by atoms with van der Waals surface area (Å²) in [6.45, 7) is 1.23. The van der Waals surface area contributed by atoms with Crippen molar-refractivity contribution in [2.45, 2.75) is 50.6 Å². The van der Waals surface area contributed by atoms with Crippen LogP contribution in [0, 0.1) is 0 Å². The van der Waals surface area contributed by atoms with E-state index >= 15 is 0 Å². The van der Waals surface area contributed by atoms with Crippen molar-refractivity contribution in [1.29, 1.82) is 0 Å². The van der Waals surface area contributed by atoms with Crippen molar-refractivity contribution in [2.24, 2.45) is 0 Å². The van der Waals surface area contributed by atoms with Crippen LogP contribution in [-0.4, -0.2) is 50.7 Å². The quantitative estimate of drug-likeness (QED) is 0.774. The maximum Gasteiger partial charge on any atom is 0.222 e. The number of nitrogens with zero attached hydrogens (tertiary/aromatic N) is 1. The summed E-state index contributed by atoms with van der Waals surface area (Å²) in [4.78, 5) is 15.0. The molecule has 2 unspecified atom stereocenters. The van der Waals surface area contributed by atoms with Gasteiger partial charge in [-0.05, 0) is 49.3 Å². The van der Waals surface area contributed by atoms with E-state index in [1.54, 1.807) is 0 Å². The Labute approximate surface area is 184 Å². The lowest BCUT2D eigenvalue weighted by Gasteiger charge is -2.41. The monoisotopic (exact) mass is 442 g/mol. The van der Waals surface area contributed by atoms with E-state index in [4.69, 9.17) is 4.74 Å². The topological polar surface area (TPSA) is 75.7 Å². The van der Waals surface area contributed by atoms with Crippen LogP contribution in [0.25, 0.3) is 11.1 Å². The maximum absolute atomic E-state index is 13.1. The van der Waals surface area contributed by atoms with Crippen molar-refractivity contribution in [1.82, 2.24) is 9.62 Å². The number of hydrogen-bond donors (Lipinski definition) is 1. The Hall–Kier alpha value is -2.38. The van der Waals surface area contributed by atoms with E-state index < -0.39 is 10.0 Å². The van der Waals surface area contributed by atoms with Gasteiger partial charge in [0.25, 0.3) is 0 Å². The molecule has 0 aliphatic carbocycles. The molecule has 4 rings (SSSR count). The van der Waals surface area contributed by atoms with Gasteiger partial charge in [-0.15, -0.1) is 0 Å². The first kappa shape index (κ1) is 21.8. The molecule has 7 heteroatoms. The van der Waals surface area contributed by atoms with Crippen molar-refractivity contribution in [3.63, 3.8) is 0 Å². The molecule has 2 aromatic rings. The molecule has 0 saturated carbocycles. The highest BCUT2D eigenvalue weighted by molar-refractivity contribution is 7.88. The summed E-state index contributed by atoms with van der Waals surface area (Å²) >= 11 is 0. The third-order valence-electron chi connectivity index (χ3n) is 6.08. The molecule has 0 spiro atoms. The van der Waals surface area contributed by atoms with Gasteiger partial charge in [-0.1, -0.05) is 42.5 Å². The molecule has 2 heterocycles. The fourth-order valence-corrected chi connectivity index (χ4v) is 5.50. The molecular weight excluding hydrogens is 412 g/mol. The van der Waals surface area contributed by atoms with Crippen LogP contribution < -0.4 is 9.46 Å². The molecule has 31 heavy (non-hydrogen) atoms. The fraction of sp³-hybridized carbons (Fsp3) is 0.458. The highest BCUT2D eigenvalue weighted by Crippen LogP contribution is 2.32. The number of para-hydroxylation sites is 1. The van der Waals surface area contributed by atoms with Crippen LogP contribution in [0.1, 0.15) is 37.7 Å². The molecule has 1 N–H and O–H groups in total. The fourth-order valence-electron chi connectivity index (χ4n) is 4.67. The van der Waals surface area contributed by atoms with Gasteiger partial charge in [-0.25, -0.2) is 13.1 Å². The van der Waals surface area contributed by atoms with Crippen molar-refractivity contribution in [3.05, 3.63) is 54.1 Å². The van der Waals surface area contributed by atoms with Gasteiger partial charge in [0.05, 0.1) is 18.9 Å². The minimum atomic E-state index is -3.37. The first-order valence-electron chi connectivity index (χ1n) is 11.0. The number of amides is 1. The van der Waals surface area contributed by atoms with E-state index in [9.17, 15) is 13.2 Å². The first-order chi connectivity index (χ1) is 14.9. The molecule has 2 aliphatic rings. The second-order valence-corrected chi connectivity index (χ2v) is 10.3. The van der Waals surface area contributed by atoms with Gasteiger partial charge < -0.3 is 9.64 Å². The van der Waals surface area contributed by atoms with Gasteiger partial charge in [-0.2, -0.15) is 0 Å². The molecule has 1 amide bonds. The third-order valence-corrected chi connectivity index (χ3v) is 6.81. The largest absolute Gasteiger partial charge is 0.493 e. The number of benzene rings is 2. The molecular formula is C24H30N2O4S. The van der Waals surface area contributed by atoms with Crippen LogP contribution in [0.15, 0.2) is 48.5 Å². The molecule has 2 aliphatic heterocycles. The Morgan fingerprint density at radius 1 is 1.06 bits per heavy atom. The zero-order chi connectivity index (χ0) is 21.8. The van der Waals surface area contributed by atoms with Crippen LogP contribution in [0.5, 0.6) is 5.75 Å². The third kappa shape index (κ3) is 5.46. The summed E-state index contributed by atoms with van der Waals surface area (Å²) in [6, 6.07) is 15.8. The lowest BCUT2D eigenvalue weighted by atomic mass is 9.90. The maximum atomic E-state index is 13.1. The second kappa shape index (κ2) is 9.40. The Morgan fingerprint density at radius 3 is 2.74 bits per heavy atom. The number of ether oxygens (including phenoxy) is 1. The number of fused-ring (bicyclic) bond motifs is 5. The minimum absolute atomic E-state index is 0.0959. The summed E-state index contributed by atoms with van der Waals surface area (Å²) in [6.07, 6.45) is 5.32. The predicted octanol–water partition coefficient (Wildman–Crippen LogP) is 3.37. The van der Waals surface area contributed by atoms with E-state index in [-0.39, 0.29) is 18.0 Å². The number of carbonyl (C=O) groups is 1. The lowest BCUT2D eigenvalue weighted by molar-refractivity contribution is -0.135. The van der Waals surface area contributed by atoms with E-state index in [0.29, 0.717) is 26.0 Å². The highest BCUT2D eigenvalue weighted by atomic mass is 32.2. The highest BCUT2D eigenvalue weighted by Gasteiger charge is 2.35. The SMILES string of the molecule is CS(=O)(=O)NC1CCCN2C(=O)CCCCOc3ccccc3-c3cccc(c3)CC12. The first-order valence-corrected chi connectivity index (χ1v) is 12.9. The summed E-state index contributed by atoms with van der Waals surface area (Å²) in [7, 11) is -3.37. The van der Waals surface area contributed by atoms with Crippen LogP contribution in [0.4, 0.5) is 0 Å². The summed E-state index contributed by atoms with van der Waals surface area (Å²) in [5.41, 5.74) is 3.18. The number of nitrogens with one attached hydrogen (secondary N) is 1. The number of piperidine rings is 1. The standard InChI is InChI=1S/C24H30N2O4S/c1-31(28,29)25-21-11-7-14-26-22(21)17-18-8-6-9-19(16-18)20-10-2-3-12-23(20)30-15-5-4-13-24(26)27/h2-3,6,8-10,12,16,21-22,25H,4-5,7,11,13-15,17H2,1H3. The van der Waals surface area contributed by atoms with Gasteiger partial charge in [-0.3, -0.25) is 4.79 Å². The van der Waals surface area contributed by atoms with Crippen LogP contribution in [-0.2, 0) is 21.2 Å². The van der Waals surface area contributed by atoms with Gasteiger partial charge in [0, 0.05) is 24.6 Å². The zero-order valence-corrected chi connectivity index (χ0v) is 18.7. The molecule has 0 radical (unpaired) electrons. The summed E-state index contributed by atoms with van der Waals surface area (Å²) in [5.74, 6) is 0.942. The average molecular weight is 443 g/mol. The normalized spacial score (nSPS) is 22.6. The Morgan fingerprint density at radius 2 is 1.90 bits per heavy atom. The van der Waals surface area contributed by atoms with Crippen molar-refractivity contribution >= 4 is 15.9 Å². The Kier molecular flexibility index (Phi) is 6.62. The lowest BCUT2D eigenvalue weighted by Crippen LogP contribution is -2.57. The van der Waals surface area contributed by atoms with Crippen molar-refractivity contribution in [2.75, 3.05) is 19.4 Å². The molecule has 2 aromatic carbocycles. The van der Waals surface area contributed by atoms with Gasteiger partial charge >= 0.3 is 0 Å². The zero-order valence-electron chi connectivity index (χ0n) is 17.9. The summed E-state index contributed by atoms with van der Waals surface area (Å²) < 4.78 is 32.8. The van der Waals surface area contributed by atoms with Crippen molar-refractivity contribution < 1.29 is 17.9 Å². The molecule has 1 saturated heterocycles. The van der Waals surface area contributed by atoms with E-state index in [2.05, 4.69) is 22.9 Å². The minimum Gasteiger partial charge on any atom is -0.493 e. The van der Waals surface area contributed by atoms with Crippen LogP contribution in [0.3, 0.4) is 0 Å². The molecule has 0 aromatic heterocycles. The number of carbonyl (C=O) groups excluding carboxylic acids is 1. The predicted molar refractivity (Wildman–Crippen MR) is 121 cm³/mol. The molecule has 1 fully saturated rings. The molecule has 2 bridgehead atoms.